The lowest BCUT2D eigenvalue weighted by atomic mass is 10.0. The Morgan fingerprint density at radius 2 is 1.50 bits per heavy atom. The van der Waals surface area contributed by atoms with Crippen LogP contribution in [-0.4, -0.2) is 29.2 Å². The van der Waals surface area contributed by atoms with Gasteiger partial charge in [0.05, 0.1) is 11.3 Å². The number of carbonyl (C=O) groups is 2. The number of hydrogen-bond donors (Lipinski definition) is 1. The molecule has 0 atom stereocenters. The fourth-order valence-electron chi connectivity index (χ4n) is 2.44. The Morgan fingerprint density at radius 3 is 2.04 bits per heavy atom. The number of amides is 1. The summed E-state index contributed by atoms with van der Waals surface area (Å²) >= 11 is 0. The Labute approximate surface area is 162 Å². The number of rotatable bonds is 6. The minimum absolute atomic E-state index is 0.288. The molecule has 0 aliphatic heterocycles. The Hall–Kier alpha value is -3.80. The maximum Gasteiger partial charge on any atom is 0.340 e. The third-order valence-electron chi connectivity index (χ3n) is 3.87. The summed E-state index contributed by atoms with van der Waals surface area (Å²) in [6, 6.07) is 22.3. The molecule has 0 bridgehead atoms. The van der Waals surface area contributed by atoms with Gasteiger partial charge < -0.3 is 4.74 Å². The van der Waals surface area contributed by atoms with Gasteiger partial charge in [-0.1, -0.05) is 60.7 Å². The molecule has 0 radical (unpaired) electrons. The molecule has 0 aliphatic carbocycles. The minimum atomic E-state index is -0.613. The zero-order valence-corrected chi connectivity index (χ0v) is 15.3. The highest BCUT2D eigenvalue weighted by atomic mass is 16.5. The van der Waals surface area contributed by atoms with Crippen molar-refractivity contribution in [2.24, 2.45) is 5.10 Å². The molecular weight excluding hydrogens is 354 g/mol. The highest BCUT2D eigenvalue weighted by molar-refractivity contribution is 6.13. The third kappa shape index (κ3) is 5.11. The van der Waals surface area contributed by atoms with Crippen LogP contribution in [0.1, 0.15) is 27.2 Å². The summed E-state index contributed by atoms with van der Waals surface area (Å²) in [5, 5.41) is 4.24. The van der Waals surface area contributed by atoms with Crippen LogP contribution >= 0.6 is 0 Å². The Bertz CT molecular complexity index is 927. The number of carbonyl (C=O) groups excluding carboxylic acids is 2. The summed E-state index contributed by atoms with van der Waals surface area (Å²) in [4.78, 5) is 28.1. The van der Waals surface area contributed by atoms with Crippen molar-refractivity contribution < 1.29 is 14.3 Å². The molecule has 28 heavy (non-hydrogen) atoms. The lowest BCUT2D eigenvalue weighted by Gasteiger charge is -2.08. The molecule has 0 spiro atoms. The Kier molecular flexibility index (Phi) is 6.25. The van der Waals surface area contributed by atoms with E-state index in [2.05, 4.69) is 15.5 Å². The highest BCUT2D eigenvalue weighted by Crippen LogP contribution is 2.10. The van der Waals surface area contributed by atoms with E-state index in [0.29, 0.717) is 5.71 Å². The zero-order chi connectivity index (χ0) is 19.8. The number of hydrazone groups is 1. The molecule has 1 heterocycles. The van der Waals surface area contributed by atoms with Gasteiger partial charge >= 0.3 is 5.97 Å². The summed E-state index contributed by atoms with van der Waals surface area (Å²) in [6.45, 7) is 1.38. The number of esters is 1. The van der Waals surface area contributed by atoms with Crippen molar-refractivity contribution >= 4 is 17.6 Å². The van der Waals surface area contributed by atoms with Gasteiger partial charge in [-0.25, -0.2) is 10.2 Å². The average Bonchev–Trinajstić information content (AvgIpc) is 2.74. The molecule has 1 aromatic heterocycles. The number of nitrogens with zero attached hydrogens (tertiary/aromatic N) is 2. The number of hydrogen-bond acceptors (Lipinski definition) is 5. The second kappa shape index (κ2) is 9.23. The molecule has 2 aromatic carbocycles. The first-order valence-electron chi connectivity index (χ1n) is 8.70. The van der Waals surface area contributed by atoms with Crippen LogP contribution in [0.15, 0.2) is 84.1 Å². The van der Waals surface area contributed by atoms with Crippen molar-refractivity contribution in [3.05, 3.63) is 101 Å². The van der Waals surface area contributed by atoms with Crippen molar-refractivity contribution in [1.82, 2.24) is 10.4 Å². The van der Waals surface area contributed by atoms with Crippen LogP contribution in [0.3, 0.4) is 0 Å². The van der Waals surface area contributed by atoms with Crippen LogP contribution in [0.2, 0.25) is 0 Å². The van der Waals surface area contributed by atoms with E-state index >= 15 is 0 Å². The fourth-order valence-corrected chi connectivity index (χ4v) is 2.44. The zero-order valence-electron chi connectivity index (χ0n) is 15.3. The molecule has 0 unspecified atom stereocenters. The number of benzene rings is 2. The Balaban J connectivity index is 1.66. The molecular formula is C22H19N3O3. The third-order valence-corrected chi connectivity index (χ3v) is 3.87. The molecule has 1 N–H and O–H groups in total. The lowest BCUT2D eigenvalue weighted by molar-refractivity contribution is -0.124. The van der Waals surface area contributed by atoms with E-state index in [1.807, 2.05) is 67.6 Å². The van der Waals surface area contributed by atoms with Crippen LogP contribution in [0.4, 0.5) is 0 Å². The SMILES string of the molecule is Cc1ccc(C(=O)OCC(=O)NN=C(c2ccccc2)c2ccccc2)cn1. The van der Waals surface area contributed by atoms with Gasteiger partial charge in [-0.3, -0.25) is 9.78 Å². The van der Waals surface area contributed by atoms with E-state index < -0.39 is 18.5 Å². The predicted octanol–water partition coefficient (Wildman–Crippen LogP) is 3.12. The normalized spacial score (nSPS) is 10.0. The summed E-state index contributed by atoms with van der Waals surface area (Å²) in [7, 11) is 0. The standard InChI is InChI=1S/C22H19N3O3/c1-16-12-13-19(14-23-16)22(27)28-15-20(26)24-25-21(17-8-4-2-5-9-17)18-10-6-3-7-11-18/h2-14H,15H2,1H3,(H,24,26). The number of pyridine rings is 1. The van der Waals surface area contributed by atoms with Crippen molar-refractivity contribution in [2.45, 2.75) is 6.92 Å². The molecule has 0 saturated carbocycles. The van der Waals surface area contributed by atoms with Gasteiger partial charge in [-0.2, -0.15) is 5.10 Å². The van der Waals surface area contributed by atoms with Gasteiger partial charge in [-0.05, 0) is 19.1 Å². The van der Waals surface area contributed by atoms with E-state index in [4.69, 9.17) is 4.74 Å². The monoisotopic (exact) mass is 373 g/mol. The second-order valence-electron chi connectivity index (χ2n) is 5.99. The summed E-state index contributed by atoms with van der Waals surface area (Å²) in [5.74, 6) is -1.14. The van der Waals surface area contributed by atoms with Crippen LogP contribution in [0, 0.1) is 6.92 Å². The van der Waals surface area contributed by atoms with Crippen LogP contribution in [0.25, 0.3) is 0 Å². The van der Waals surface area contributed by atoms with Crippen molar-refractivity contribution in [2.75, 3.05) is 6.61 Å². The van der Waals surface area contributed by atoms with Crippen LogP contribution in [-0.2, 0) is 9.53 Å². The molecule has 3 rings (SSSR count). The molecule has 6 nitrogen and oxygen atoms in total. The van der Waals surface area contributed by atoms with E-state index in [1.165, 1.54) is 6.20 Å². The quantitative estimate of drug-likeness (QED) is 0.409. The average molecular weight is 373 g/mol. The van der Waals surface area contributed by atoms with Crippen molar-refractivity contribution in [3.63, 3.8) is 0 Å². The summed E-state index contributed by atoms with van der Waals surface area (Å²) in [5.41, 5.74) is 5.86. The number of aryl methyl sites for hydroxylation is 1. The van der Waals surface area contributed by atoms with Gasteiger partial charge in [0.1, 0.15) is 0 Å². The molecule has 0 aliphatic rings. The van der Waals surface area contributed by atoms with Crippen LogP contribution < -0.4 is 5.43 Å². The minimum Gasteiger partial charge on any atom is -0.452 e. The van der Waals surface area contributed by atoms with E-state index in [1.54, 1.807) is 12.1 Å². The van der Waals surface area contributed by atoms with E-state index in [0.717, 1.165) is 16.8 Å². The largest absolute Gasteiger partial charge is 0.452 e. The molecule has 6 heteroatoms. The topological polar surface area (TPSA) is 80.7 Å². The first-order chi connectivity index (χ1) is 13.6. The van der Waals surface area contributed by atoms with Gasteiger partial charge in [0, 0.05) is 23.0 Å². The van der Waals surface area contributed by atoms with Crippen molar-refractivity contribution in [3.8, 4) is 0 Å². The number of aromatic nitrogens is 1. The van der Waals surface area contributed by atoms with Crippen LogP contribution in [0.5, 0.6) is 0 Å². The molecule has 0 fully saturated rings. The molecule has 1 amide bonds. The smallest absolute Gasteiger partial charge is 0.340 e. The maximum atomic E-state index is 12.1. The van der Waals surface area contributed by atoms with Gasteiger partial charge in [-0.15, -0.1) is 0 Å². The lowest BCUT2D eigenvalue weighted by Crippen LogP contribution is -2.26. The van der Waals surface area contributed by atoms with E-state index in [-0.39, 0.29) is 5.56 Å². The van der Waals surface area contributed by atoms with E-state index in [9.17, 15) is 9.59 Å². The molecule has 0 saturated heterocycles. The summed E-state index contributed by atoms with van der Waals surface area (Å²) < 4.78 is 5.01. The highest BCUT2D eigenvalue weighted by Gasteiger charge is 2.11. The number of ether oxygens (including phenoxy) is 1. The molecule has 140 valence electrons. The maximum absolute atomic E-state index is 12.1. The van der Waals surface area contributed by atoms with Gasteiger partial charge in [0.15, 0.2) is 6.61 Å². The first kappa shape index (κ1) is 19.0. The van der Waals surface area contributed by atoms with Crippen molar-refractivity contribution in [1.29, 1.82) is 0 Å². The fraction of sp³-hybridized carbons (Fsp3) is 0.0909. The number of nitrogens with one attached hydrogen (secondary N) is 1. The second-order valence-corrected chi connectivity index (χ2v) is 5.99. The summed E-state index contributed by atoms with van der Waals surface area (Å²) in [6.07, 6.45) is 1.41. The first-order valence-corrected chi connectivity index (χ1v) is 8.70. The predicted molar refractivity (Wildman–Crippen MR) is 106 cm³/mol. The Morgan fingerprint density at radius 1 is 0.893 bits per heavy atom. The van der Waals surface area contributed by atoms with Gasteiger partial charge in [0.2, 0.25) is 0 Å². The molecule has 3 aromatic rings. The van der Waals surface area contributed by atoms with Gasteiger partial charge in [0.25, 0.3) is 5.91 Å².